The molecule has 1 fully saturated rings. The van der Waals surface area contributed by atoms with E-state index in [9.17, 15) is 0 Å². The highest BCUT2D eigenvalue weighted by Crippen LogP contribution is 2.21. The van der Waals surface area contributed by atoms with Crippen molar-refractivity contribution in [3.05, 3.63) is 48.7 Å². The first-order valence-electron chi connectivity index (χ1n) is 7.74. The lowest BCUT2D eigenvalue weighted by Gasteiger charge is -2.37. The van der Waals surface area contributed by atoms with E-state index in [4.69, 9.17) is 0 Å². The molecule has 1 aromatic heterocycles. The molecule has 1 aliphatic rings. The molecule has 0 bridgehead atoms. The third-order valence-electron chi connectivity index (χ3n) is 4.22. The van der Waals surface area contributed by atoms with Crippen molar-refractivity contribution in [2.45, 2.75) is 19.9 Å². The average Bonchev–Trinajstić information content (AvgIpc) is 2.56. The van der Waals surface area contributed by atoms with Gasteiger partial charge in [0.15, 0.2) is 0 Å². The maximum Gasteiger partial charge on any atom is 0.128 e. The number of nitrogens with zero attached hydrogens (tertiary/aromatic N) is 3. The van der Waals surface area contributed by atoms with Crippen LogP contribution in [-0.4, -0.2) is 42.1 Å². The smallest absolute Gasteiger partial charge is 0.128 e. The van der Waals surface area contributed by atoms with E-state index in [-0.39, 0.29) is 0 Å². The number of aromatic nitrogens is 1. The van der Waals surface area contributed by atoms with Crippen LogP contribution in [0.4, 0.5) is 5.82 Å². The number of anilines is 1. The summed E-state index contributed by atoms with van der Waals surface area (Å²) < 4.78 is 0. The van der Waals surface area contributed by atoms with Gasteiger partial charge in [-0.15, -0.1) is 0 Å². The Kier molecular flexibility index (Phi) is 4.20. The minimum atomic E-state index is 0.639. The molecule has 3 rings (SSSR count). The van der Waals surface area contributed by atoms with Crippen molar-refractivity contribution in [2.75, 3.05) is 31.1 Å². The molecule has 3 heteroatoms. The molecule has 0 saturated carbocycles. The van der Waals surface area contributed by atoms with Gasteiger partial charge in [-0.3, -0.25) is 4.90 Å². The Morgan fingerprint density at radius 1 is 0.857 bits per heavy atom. The summed E-state index contributed by atoms with van der Waals surface area (Å²) in [6.45, 7) is 8.91. The Labute approximate surface area is 127 Å². The molecule has 0 amide bonds. The largest absolute Gasteiger partial charge is 0.354 e. The molecule has 0 atom stereocenters. The summed E-state index contributed by atoms with van der Waals surface area (Å²) in [7, 11) is 0. The first kappa shape index (κ1) is 14.1. The molecule has 1 aliphatic heterocycles. The molecular formula is C18H23N3. The van der Waals surface area contributed by atoms with E-state index in [2.05, 4.69) is 65.0 Å². The van der Waals surface area contributed by atoms with Gasteiger partial charge in [-0.1, -0.05) is 30.3 Å². The fraction of sp³-hybridized carbons (Fsp3) is 0.389. The molecular weight excluding hydrogens is 258 g/mol. The van der Waals surface area contributed by atoms with Crippen LogP contribution in [0.2, 0.25) is 0 Å². The quantitative estimate of drug-likeness (QED) is 0.860. The Balaban J connectivity index is 1.68. The number of hydrogen-bond donors (Lipinski definition) is 0. The van der Waals surface area contributed by atoms with E-state index < -0.39 is 0 Å². The summed E-state index contributed by atoms with van der Waals surface area (Å²) in [6.07, 6.45) is 1.99. The molecule has 1 aromatic carbocycles. The van der Waals surface area contributed by atoms with E-state index in [0.717, 1.165) is 32.0 Å². The number of rotatable bonds is 3. The van der Waals surface area contributed by atoms with Crippen LogP contribution in [0.5, 0.6) is 0 Å². The normalized spacial score (nSPS) is 16.4. The van der Waals surface area contributed by atoms with Gasteiger partial charge in [0.25, 0.3) is 0 Å². The van der Waals surface area contributed by atoms with Crippen LogP contribution < -0.4 is 4.90 Å². The first-order chi connectivity index (χ1) is 10.2. The van der Waals surface area contributed by atoms with Crippen LogP contribution in [0.3, 0.4) is 0 Å². The lowest BCUT2D eigenvalue weighted by molar-refractivity contribution is 0.209. The number of benzene rings is 1. The Bertz CT molecular complexity index is 555. The summed E-state index contributed by atoms with van der Waals surface area (Å²) >= 11 is 0. The van der Waals surface area contributed by atoms with Gasteiger partial charge in [0.05, 0.1) is 0 Å². The summed E-state index contributed by atoms with van der Waals surface area (Å²) in [6, 6.07) is 15.4. The first-order valence-corrected chi connectivity index (χ1v) is 7.74. The molecule has 0 radical (unpaired) electrons. The van der Waals surface area contributed by atoms with E-state index in [0.29, 0.717) is 6.04 Å². The molecule has 110 valence electrons. The second-order valence-corrected chi connectivity index (χ2v) is 5.89. The van der Waals surface area contributed by atoms with Crippen LogP contribution >= 0.6 is 0 Å². The Morgan fingerprint density at radius 3 is 2.14 bits per heavy atom. The van der Waals surface area contributed by atoms with Crippen LogP contribution in [0.25, 0.3) is 11.1 Å². The number of pyridine rings is 1. The van der Waals surface area contributed by atoms with Gasteiger partial charge in [0, 0.05) is 44.0 Å². The van der Waals surface area contributed by atoms with Crippen molar-refractivity contribution in [1.29, 1.82) is 0 Å². The monoisotopic (exact) mass is 281 g/mol. The fourth-order valence-corrected chi connectivity index (χ4v) is 2.84. The van der Waals surface area contributed by atoms with Gasteiger partial charge in [-0.25, -0.2) is 4.98 Å². The second-order valence-electron chi connectivity index (χ2n) is 5.89. The van der Waals surface area contributed by atoms with Gasteiger partial charge in [-0.2, -0.15) is 0 Å². The van der Waals surface area contributed by atoms with Crippen LogP contribution in [-0.2, 0) is 0 Å². The Hall–Kier alpha value is -1.87. The van der Waals surface area contributed by atoms with Crippen LogP contribution in [0.1, 0.15) is 13.8 Å². The van der Waals surface area contributed by atoms with Crippen molar-refractivity contribution in [3.63, 3.8) is 0 Å². The summed E-state index contributed by atoms with van der Waals surface area (Å²) in [5, 5.41) is 0. The number of hydrogen-bond acceptors (Lipinski definition) is 3. The molecule has 0 spiro atoms. The lowest BCUT2D eigenvalue weighted by Crippen LogP contribution is -2.49. The van der Waals surface area contributed by atoms with Crippen molar-refractivity contribution >= 4 is 5.82 Å². The zero-order chi connectivity index (χ0) is 14.7. The summed E-state index contributed by atoms with van der Waals surface area (Å²) in [5.74, 6) is 1.10. The van der Waals surface area contributed by atoms with Gasteiger partial charge in [0.1, 0.15) is 5.82 Å². The standard InChI is InChI=1S/C18H23N3/c1-15(2)20-10-12-21(13-11-20)18-9-8-17(14-19-18)16-6-4-3-5-7-16/h3-9,14-15H,10-13H2,1-2H3. The molecule has 2 heterocycles. The molecule has 2 aromatic rings. The predicted octanol–water partition coefficient (Wildman–Crippen LogP) is 3.28. The fourth-order valence-electron chi connectivity index (χ4n) is 2.84. The number of piperazine rings is 1. The molecule has 0 aliphatic carbocycles. The van der Waals surface area contributed by atoms with Crippen molar-refractivity contribution in [3.8, 4) is 11.1 Å². The van der Waals surface area contributed by atoms with E-state index in [1.54, 1.807) is 0 Å². The SMILES string of the molecule is CC(C)N1CCN(c2ccc(-c3ccccc3)cn2)CC1. The second kappa shape index (κ2) is 6.27. The molecule has 0 N–H and O–H groups in total. The van der Waals surface area contributed by atoms with Crippen LogP contribution in [0, 0.1) is 0 Å². The van der Waals surface area contributed by atoms with Crippen LogP contribution in [0.15, 0.2) is 48.7 Å². The zero-order valence-corrected chi connectivity index (χ0v) is 12.9. The predicted molar refractivity (Wildman–Crippen MR) is 88.6 cm³/mol. The third kappa shape index (κ3) is 3.24. The van der Waals surface area contributed by atoms with Crippen molar-refractivity contribution < 1.29 is 0 Å². The van der Waals surface area contributed by atoms with E-state index >= 15 is 0 Å². The van der Waals surface area contributed by atoms with Crippen molar-refractivity contribution in [2.24, 2.45) is 0 Å². The highest BCUT2D eigenvalue weighted by molar-refractivity contribution is 5.63. The topological polar surface area (TPSA) is 19.4 Å². The van der Waals surface area contributed by atoms with Crippen molar-refractivity contribution in [1.82, 2.24) is 9.88 Å². The summed E-state index contributed by atoms with van der Waals surface area (Å²) in [5.41, 5.74) is 2.40. The highest BCUT2D eigenvalue weighted by Gasteiger charge is 2.19. The Morgan fingerprint density at radius 2 is 1.57 bits per heavy atom. The zero-order valence-electron chi connectivity index (χ0n) is 12.9. The third-order valence-corrected chi connectivity index (χ3v) is 4.22. The highest BCUT2D eigenvalue weighted by atomic mass is 15.3. The summed E-state index contributed by atoms with van der Waals surface area (Å²) in [4.78, 5) is 9.56. The van der Waals surface area contributed by atoms with E-state index in [1.165, 1.54) is 11.1 Å². The van der Waals surface area contributed by atoms with E-state index in [1.807, 2.05) is 12.3 Å². The molecule has 1 saturated heterocycles. The minimum absolute atomic E-state index is 0.639. The lowest BCUT2D eigenvalue weighted by atomic mass is 10.1. The average molecular weight is 281 g/mol. The molecule has 3 nitrogen and oxygen atoms in total. The van der Waals surface area contributed by atoms with Gasteiger partial charge >= 0.3 is 0 Å². The van der Waals surface area contributed by atoms with Gasteiger partial charge in [0.2, 0.25) is 0 Å². The van der Waals surface area contributed by atoms with Gasteiger partial charge in [-0.05, 0) is 31.5 Å². The molecule has 21 heavy (non-hydrogen) atoms. The maximum absolute atomic E-state index is 4.66. The maximum atomic E-state index is 4.66. The minimum Gasteiger partial charge on any atom is -0.354 e. The molecule has 0 unspecified atom stereocenters. The van der Waals surface area contributed by atoms with Gasteiger partial charge < -0.3 is 4.90 Å².